The molecule has 2 amide bonds. The van der Waals surface area contributed by atoms with Gasteiger partial charge in [0.25, 0.3) is 0 Å². The van der Waals surface area contributed by atoms with Gasteiger partial charge in [-0.1, -0.05) is 33.1 Å². The minimum Gasteiger partial charge on any atom is -0.481 e. The van der Waals surface area contributed by atoms with E-state index in [4.69, 9.17) is 5.11 Å². The van der Waals surface area contributed by atoms with Gasteiger partial charge in [-0.05, 0) is 31.1 Å². The highest BCUT2D eigenvalue weighted by molar-refractivity contribution is 5.75. The molecule has 0 heterocycles. The summed E-state index contributed by atoms with van der Waals surface area (Å²) in [6.45, 7) is 4.84. The zero-order valence-corrected chi connectivity index (χ0v) is 12.7. The molecule has 0 aliphatic heterocycles. The predicted octanol–water partition coefficient (Wildman–Crippen LogP) is 2.76. The van der Waals surface area contributed by atoms with Crippen molar-refractivity contribution in [1.82, 2.24) is 10.6 Å². The van der Waals surface area contributed by atoms with Crippen molar-refractivity contribution >= 4 is 12.0 Å². The summed E-state index contributed by atoms with van der Waals surface area (Å²) in [5.74, 6) is 0.649. The van der Waals surface area contributed by atoms with E-state index in [1.54, 1.807) is 0 Å². The van der Waals surface area contributed by atoms with Crippen LogP contribution in [0.4, 0.5) is 4.79 Å². The van der Waals surface area contributed by atoms with Crippen LogP contribution < -0.4 is 10.6 Å². The molecule has 0 aromatic carbocycles. The van der Waals surface area contributed by atoms with E-state index in [-0.39, 0.29) is 18.5 Å². The summed E-state index contributed by atoms with van der Waals surface area (Å²) < 4.78 is 0. The summed E-state index contributed by atoms with van der Waals surface area (Å²) in [5.41, 5.74) is 0. The van der Waals surface area contributed by atoms with Crippen molar-refractivity contribution in [2.24, 2.45) is 11.8 Å². The van der Waals surface area contributed by atoms with Crippen LogP contribution in [0.1, 0.15) is 58.8 Å². The third kappa shape index (κ3) is 6.78. The molecule has 20 heavy (non-hydrogen) atoms. The number of rotatable bonds is 7. The number of urea groups is 1. The van der Waals surface area contributed by atoms with Crippen molar-refractivity contribution in [3.8, 4) is 0 Å². The Morgan fingerprint density at radius 2 is 2.10 bits per heavy atom. The second-order valence-electron chi connectivity index (χ2n) is 6.03. The van der Waals surface area contributed by atoms with E-state index >= 15 is 0 Å². The molecule has 1 fully saturated rings. The van der Waals surface area contributed by atoms with E-state index in [9.17, 15) is 9.59 Å². The maximum absolute atomic E-state index is 11.7. The number of carboxylic acids is 1. The Kier molecular flexibility index (Phi) is 7.41. The second kappa shape index (κ2) is 8.82. The molecule has 1 rings (SSSR count). The van der Waals surface area contributed by atoms with Gasteiger partial charge in [-0.25, -0.2) is 4.79 Å². The molecular weight excluding hydrogens is 256 g/mol. The Morgan fingerprint density at radius 1 is 1.35 bits per heavy atom. The molecule has 5 nitrogen and oxygen atoms in total. The van der Waals surface area contributed by atoms with E-state index in [1.807, 2.05) is 6.92 Å². The average molecular weight is 284 g/mol. The first-order valence-electron chi connectivity index (χ1n) is 7.77. The summed E-state index contributed by atoms with van der Waals surface area (Å²) in [5, 5.41) is 14.3. The second-order valence-corrected chi connectivity index (χ2v) is 6.03. The van der Waals surface area contributed by atoms with Crippen LogP contribution in [0.3, 0.4) is 0 Å². The number of hydrogen-bond acceptors (Lipinski definition) is 2. The van der Waals surface area contributed by atoms with Gasteiger partial charge in [0, 0.05) is 12.6 Å². The molecule has 0 aromatic rings. The van der Waals surface area contributed by atoms with Gasteiger partial charge in [-0.2, -0.15) is 0 Å². The van der Waals surface area contributed by atoms with Crippen molar-refractivity contribution in [3.05, 3.63) is 0 Å². The maximum atomic E-state index is 11.7. The number of amides is 2. The Hall–Kier alpha value is -1.26. The minimum atomic E-state index is -0.881. The lowest BCUT2D eigenvalue weighted by Gasteiger charge is -2.26. The molecule has 3 N–H and O–H groups in total. The van der Waals surface area contributed by atoms with Gasteiger partial charge >= 0.3 is 12.0 Å². The first-order valence-corrected chi connectivity index (χ1v) is 7.77. The van der Waals surface area contributed by atoms with Crippen molar-refractivity contribution < 1.29 is 14.7 Å². The zero-order chi connectivity index (χ0) is 15.0. The van der Waals surface area contributed by atoms with Crippen LogP contribution in [-0.4, -0.2) is 29.7 Å². The molecule has 1 saturated carbocycles. The highest BCUT2D eigenvalue weighted by Gasteiger charge is 2.19. The van der Waals surface area contributed by atoms with E-state index in [2.05, 4.69) is 17.6 Å². The van der Waals surface area contributed by atoms with Crippen LogP contribution in [0.5, 0.6) is 0 Å². The van der Waals surface area contributed by atoms with Crippen LogP contribution in [0.15, 0.2) is 0 Å². The number of carboxylic acid groups (broad SMARTS) is 1. The molecular formula is C15H28N2O3. The fourth-order valence-corrected chi connectivity index (χ4v) is 2.96. The van der Waals surface area contributed by atoms with E-state index in [0.717, 1.165) is 18.3 Å². The van der Waals surface area contributed by atoms with E-state index in [0.29, 0.717) is 13.0 Å². The van der Waals surface area contributed by atoms with Crippen LogP contribution in [0, 0.1) is 11.8 Å². The maximum Gasteiger partial charge on any atom is 0.315 e. The van der Waals surface area contributed by atoms with Crippen LogP contribution in [0.2, 0.25) is 0 Å². The highest BCUT2D eigenvalue weighted by atomic mass is 16.4. The molecule has 0 spiro atoms. The van der Waals surface area contributed by atoms with Gasteiger partial charge in [0.1, 0.15) is 0 Å². The molecule has 3 atom stereocenters. The predicted molar refractivity (Wildman–Crippen MR) is 78.6 cm³/mol. The number of carbonyl (C=O) groups is 2. The molecule has 5 heteroatoms. The van der Waals surface area contributed by atoms with E-state index in [1.165, 1.54) is 25.7 Å². The lowest BCUT2D eigenvalue weighted by Crippen LogP contribution is -2.43. The molecule has 0 radical (unpaired) electrons. The smallest absolute Gasteiger partial charge is 0.315 e. The summed E-state index contributed by atoms with van der Waals surface area (Å²) in [6, 6.07) is -0.538. The van der Waals surface area contributed by atoms with Crippen LogP contribution in [-0.2, 0) is 4.79 Å². The lowest BCUT2D eigenvalue weighted by atomic mass is 9.81. The summed E-state index contributed by atoms with van der Waals surface area (Å²) >= 11 is 0. The summed E-state index contributed by atoms with van der Waals surface area (Å²) in [4.78, 5) is 22.3. The number of aliphatic carboxylic acids is 1. The SMILES string of the molecule is CCC(CC(=O)O)NC(=O)NCCC1CCCC(C)C1. The third-order valence-corrected chi connectivity index (χ3v) is 4.13. The summed E-state index contributed by atoms with van der Waals surface area (Å²) in [7, 11) is 0. The van der Waals surface area contributed by atoms with Crippen LogP contribution >= 0.6 is 0 Å². The number of hydrogen-bond donors (Lipinski definition) is 3. The first kappa shape index (κ1) is 16.8. The monoisotopic (exact) mass is 284 g/mol. The van der Waals surface area contributed by atoms with Crippen molar-refractivity contribution in [2.75, 3.05) is 6.54 Å². The number of nitrogens with one attached hydrogen (secondary N) is 2. The molecule has 0 bridgehead atoms. The zero-order valence-electron chi connectivity index (χ0n) is 12.7. The fraction of sp³-hybridized carbons (Fsp3) is 0.867. The quantitative estimate of drug-likeness (QED) is 0.672. The topological polar surface area (TPSA) is 78.4 Å². The molecule has 116 valence electrons. The van der Waals surface area contributed by atoms with Gasteiger partial charge in [0.05, 0.1) is 6.42 Å². The Morgan fingerprint density at radius 3 is 2.70 bits per heavy atom. The van der Waals surface area contributed by atoms with Crippen molar-refractivity contribution in [1.29, 1.82) is 0 Å². The molecule has 1 aliphatic rings. The highest BCUT2D eigenvalue weighted by Crippen LogP contribution is 2.30. The first-order chi connectivity index (χ1) is 9.51. The van der Waals surface area contributed by atoms with Gasteiger partial charge in [-0.15, -0.1) is 0 Å². The Balaban J connectivity index is 2.17. The molecule has 1 aliphatic carbocycles. The van der Waals surface area contributed by atoms with Gasteiger partial charge < -0.3 is 15.7 Å². The standard InChI is InChI=1S/C15H28N2O3/c1-3-13(10-14(18)19)17-15(20)16-8-7-12-6-4-5-11(2)9-12/h11-13H,3-10H2,1-2H3,(H,18,19)(H2,16,17,20). The normalized spacial score (nSPS) is 23.9. The van der Waals surface area contributed by atoms with E-state index < -0.39 is 5.97 Å². The Labute approximate surface area is 121 Å². The lowest BCUT2D eigenvalue weighted by molar-refractivity contribution is -0.137. The Bertz CT molecular complexity index is 320. The van der Waals surface area contributed by atoms with Crippen molar-refractivity contribution in [2.45, 2.75) is 64.8 Å². The molecule has 0 saturated heterocycles. The third-order valence-electron chi connectivity index (χ3n) is 4.13. The molecule has 3 unspecified atom stereocenters. The minimum absolute atomic E-state index is 0.0238. The average Bonchev–Trinajstić information content (AvgIpc) is 2.37. The molecule has 0 aromatic heterocycles. The van der Waals surface area contributed by atoms with Crippen LogP contribution in [0.25, 0.3) is 0 Å². The number of carbonyl (C=O) groups excluding carboxylic acids is 1. The van der Waals surface area contributed by atoms with Gasteiger partial charge in [0.15, 0.2) is 0 Å². The van der Waals surface area contributed by atoms with Gasteiger partial charge in [0.2, 0.25) is 0 Å². The fourth-order valence-electron chi connectivity index (χ4n) is 2.96. The summed E-state index contributed by atoms with van der Waals surface area (Å²) in [6.07, 6.45) is 6.79. The van der Waals surface area contributed by atoms with Gasteiger partial charge in [-0.3, -0.25) is 4.79 Å². The largest absolute Gasteiger partial charge is 0.481 e. The van der Waals surface area contributed by atoms with Crippen molar-refractivity contribution in [3.63, 3.8) is 0 Å².